The van der Waals surface area contributed by atoms with Crippen LogP contribution >= 0.6 is 0 Å². The van der Waals surface area contributed by atoms with Crippen LogP contribution in [0, 0.1) is 5.82 Å². The lowest BCUT2D eigenvalue weighted by Gasteiger charge is -2.12. The molecule has 2 rings (SSSR count). The van der Waals surface area contributed by atoms with E-state index in [2.05, 4.69) is 10.3 Å². The van der Waals surface area contributed by atoms with Gasteiger partial charge in [-0.15, -0.1) is 0 Å². The van der Waals surface area contributed by atoms with Crippen molar-refractivity contribution in [3.05, 3.63) is 54.0 Å². The molecular formula is C14H15FN2O. The predicted octanol–water partition coefficient (Wildman–Crippen LogP) is 3.29. The van der Waals surface area contributed by atoms with Crippen LogP contribution in [0.5, 0.6) is 11.6 Å². The van der Waals surface area contributed by atoms with Crippen molar-refractivity contribution in [2.24, 2.45) is 0 Å². The van der Waals surface area contributed by atoms with Crippen molar-refractivity contribution < 1.29 is 9.13 Å². The highest BCUT2D eigenvalue weighted by molar-refractivity contribution is 5.30. The van der Waals surface area contributed by atoms with Crippen molar-refractivity contribution in [3.8, 4) is 11.6 Å². The van der Waals surface area contributed by atoms with Crippen LogP contribution in [0.1, 0.15) is 18.5 Å². The van der Waals surface area contributed by atoms with Crippen LogP contribution < -0.4 is 10.1 Å². The highest BCUT2D eigenvalue weighted by Gasteiger charge is 2.07. The van der Waals surface area contributed by atoms with Gasteiger partial charge >= 0.3 is 0 Å². The third-order valence-corrected chi connectivity index (χ3v) is 2.74. The van der Waals surface area contributed by atoms with Crippen LogP contribution in [0.2, 0.25) is 0 Å². The van der Waals surface area contributed by atoms with Gasteiger partial charge in [-0.2, -0.15) is 0 Å². The zero-order chi connectivity index (χ0) is 13.0. The molecule has 0 saturated heterocycles. The van der Waals surface area contributed by atoms with E-state index in [1.54, 1.807) is 30.5 Å². The average molecular weight is 246 g/mol. The van der Waals surface area contributed by atoms with Crippen LogP contribution in [0.25, 0.3) is 0 Å². The third kappa shape index (κ3) is 2.84. The summed E-state index contributed by atoms with van der Waals surface area (Å²) in [6.07, 6.45) is 1.65. The number of ether oxygens (including phenoxy) is 1. The second-order valence-electron chi connectivity index (χ2n) is 3.97. The Morgan fingerprint density at radius 2 is 2.06 bits per heavy atom. The molecule has 0 fully saturated rings. The summed E-state index contributed by atoms with van der Waals surface area (Å²) >= 11 is 0. The van der Waals surface area contributed by atoms with Gasteiger partial charge < -0.3 is 10.1 Å². The number of nitrogens with zero attached hydrogens (tertiary/aromatic N) is 1. The number of para-hydroxylation sites is 1. The Bertz CT molecular complexity index is 531. The normalized spacial score (nSPS) is 12.2. The minimum absolute atomic E-state index is 0.180. The molecule has 2 aromatic rings. The highest BCUT2D eigenvalue weighted by Crippen LogP contribution is 2.24. The Kier molecular flexibility index (Phi) is 3.89. The van der Waals surface area contributed by atoms with E-state index in [0.29, 0.717) is 5.88 Å². The van der Waals surface area contributed by atoms with Gasteiger partial charge in [-0.1, -0.05) is 12.1 Å². The first-order chi connectivity index (χ1) is 8.70. The first kappa shape index (κ1) is 12.5. The van der Waals surface area contributed by atoms with Gasteiger partial charge in [-0.05, 0) is 37.7 Å². The highest BCUT2D eigenvalue weighted by atomic mass is 19.1. The number of aromatic nitrogens is 1. The summed E-state index contributed by atoms with van der Waals surface area (Å²) in [7, 11) is 1.88. The zero-order valence-corrected chi connectivity index (χ0v) is 10.4. The van der Waals surface area contributed by atoms with E-state index < -0.39 is 5.82 Å². The maximum atomic E-state index is 13.4. The first-order valence-electron chi connectivity index (χ1n) is 5.76. The van der Waals surface area contributed by atoms with Gasteiger partial charge in [0, 0.05) is 18.3 Å². The van der Waals surface area contributed by atoms with Crippen molar-refractivity contribution in [1.82, 2.24) is 10.3 Å². The van der Waals surface area contributed by atoms with Crippen molar-refractivity contribution in [2.75, 3.05) is 7.05 Å². The standard InChI is InChI=1S/C14H15FN2O/c1-10(16-2)11-7-8-17-14(9-11)18-13-6-4-3-5-12(13)15/h3-10,16H,1-2H3. The molecule has 3 nitrogen and oxygen atoms in total. The van der Waals surface area contributed by atoms with E-state index in [1.165, 1.54) is 6.07 Å². The lowest BCUT2D eigenvalue weighted by Crippen LogP contribution is -2.12. The number of hydrogen-bond donors (Lipinski definition) is 1. The van der Waals surface area contributed by atoms with Crippen molar-refractivity contribution in [3.63, 3.8) is 0 Å². The fourth-order valence-electron chi connectivity index (χ4n) is 1.56. The Morgan fingerprint density at radius 3 is 2.78 bits per heavy atom. The van der Waals surface area contributed by atoms with Gasteiger partial charge in [0.2, 0.25) is 5.88 Å². The second kappa shape index (κ2) is 5.60. The van der Waals surface area contributed by atoms with E-state index in [0.717, 1.165) is 5.56 Å². The number of benzene rings is 1. The van der Waals surface area contributed by atoms with Crippen LogP contribution in [0.3, 0.4) is 0 Å². The summed E-state index contributed by atoms with van der Waals surface area (Å²) in [4.78, 5) is 4.08. The maximum absolute atomic E-state index is 13.4. The lowest BCUT2D eigenvalue weighted by molar-refractivity contribution is 0.426. The minimum Gasteiger partial charge on any atom is -0.436 e. The molecule has 0 spiro atoms. The average Bonchev–Trinajstić information content (AvgIpc) is 2.41. The summed E-state index contributed by atoms with van der Waals surface area (Å²) < 4.78 is 18.9. The topological polar surface area (TPSA) is 34.2 Å². The molecule has 1 heterocycles. The second-order valence-corrected chi connectivity index (χ2v) is 3.97. The molecule has 1 N–H and O–H groups in total. The van der Waals surface area contributed by atoms with Crippen molar-refractivity contribution >= 4 is 0 Å². The summed E-state index contributed by atoms with van der Waals surface area (Å²) in [5.41, 5.74) is 1.04. The van der Waals surface area contributed by atoms with Crippen molar-refractivity contribution in [1.29, 1.82) is 0 Å². The maximum Gasteiger partial charge on any atom is 0.219 e. The molecule has 0 radical (unpaired) electrons. The number of halogens is 1. The Labute approximate surface area is 106 Å². The lowest BCUT2D eigenvalue weighted by atomic mass is 10.1. The number of pyridine rings is 1. The van der Waals surface area contributed by atoms with E-state index in [1.807, 2.05) is 20.0 Å². The monoisotopic (exact) mass is 246 g/mol. The Morgan fingerprint density at radius 1 is 1.28 bits per heavy atom. The van der Waals surface area contributed by atoms with Gasteiger partial charge in [0.15, 0.2) is 11.6 Å². The van der Waals surface area contributed by atoms with Crippen LogP contribution in [0.4, 0.5) is 4.39 Å². The molecule has 0 amide bonds. The molecule has 94 valence electrons. The van der Waals surface area contributed by atoms with Crippen LogP contribution in [0.15, 0.2) is 42.6 Å². The molecular weight excluding hydrogens is 231 g/mol. The predicted molar refractivity (Wildman–Crippen MR) is 68.2 cm³/mol. The number of rotatable bonds is 4. The third-order valence-electron chi connectivity index (χ3n) is 2.74. The fraction of sp³-hybridized carbons (Fsp3) is 0.214. The molecule has 18 heavy (non-hydrogen) atoms. The van der Waals surface area contributed by atoms with Crippen LogP contribution in [-0.4, -0.2) is 12.0 Å². The summed E-state index contributed by atoms with van der Waals surface area (Å²) in [6.45, 7) is 2.03. The molecule has 1 atom stereocenters. The van der Waals surface area contributed by atoms with E-state index in [-0.39, 0.29) is 11.8 Å². The molecule has 1 aromatic carbocycles. The molecule has 4 heteroatoms. The zero-order valence-electron chi connectivity index (χ0n) is 10.4. The van der Waals surface area contributed by atoms with E-state index >= 15 is 0 Å². The SMILES string of the molecule is CNC(C)c1ccnc(Oc2ccccc2F)c1. The molecule has 0 saturated carbocycles. The first-order valence-corrected chi connectivity index (χ1v) is 5.76. The molecule has 0 bridgehead atoms. The van der Waals surface area contributed by atoms with Crippen LogP contribution in [-0.2, 0) is 0 Å². The van der Waals surface area contributed by atoms with Gasteiger partial charge in [0.05, 0.1) is 0 Å². The quantitative estimate of drug-likeness (QED) is 0.898. The summed E-state index contributed by atoms with van der Waals surface area (Å²) in [6, 6.07) is 10.2. The van der Waals surface area contributed by atoms with Gasteiger partial charge in [0.25, 0.3) is 0 Å². The van der Waals surface area contributed by atoms with E-state index in [4.69, 9.17) is 4.74 Å². The minimum atomic E-state index is -0.397. The Hall–Kier alpha value is -1.94. The molecule has 0 aliphatic heterocycles. The molecule has 0 aliphatic rings. The molecule has 0 aliphatic carbocycles. The summed E-state index contributed by atoms with van der Waals surface area (Å²) in [5, 5.41) is 3.13. The molecule has 1 unspecified atom stereocenters. The van der Waals surface area contributed by atoms with E-state index in [9.17, 15) is 4.39 Å². The summed E-state index contributed by atoms with van der Waals surface area (Å²) in [5.74, 6) is 0.172. The van der Waals surface area contributed by atoms with Gasteiger partial charge in [-0.25, -0.2) is 9.37 Å². The fourth-order valence-corrected chi connectivity index (χ4v) is 1.56. The van der Waals surface area contributed by atoms with Crippen molar-refractivity contribution in [2.45, 2.75) is 13.0 Å². The van der Waals surface area contributed by atoms with Gasteiger partial charge in [-0.3, -0.25) is 0 Å². The smallest absolute Gasteiger partial charge is 0.219 e. The number of nitrogens with one attached hydrogen (secondary N) is 1. The number of hydrogen-bond acceptors (Lipinski definition) is 3. The molecule has 1 aromatic heterocycles. The largest absolute Gasteiger partial charge is 0.436 e. The van der Waals surface area contributed by atoms with Gasteiger partial charge in [0.1, 0.15) is 0 Å². The Balaban J connectivity index is 2.22.